The van der Waals surface area contributed by atoms with Crippen LogP contribution >= 0.6 is 0 Å². The first kappa shape index (κ1) is 40.9. The van der Waals surface area contributed by atoms with Crippen LogP contribution in [0.25, 0.3) is 0 Å². The topological polar surface area (TPSA) is 165 Å². The molecule has 0 spiro atoms. The number of amides is 2. The molecule has 48 heavy (non-hydrogen) atoms. The zero-order chi connectivity index (χ0) is 35.0. The number of unbranched alkanes of at least 4 members (excludes halogenated alkanes) is 5. The molecule has 2 rings (SSSR count). The number of nitrogens with one attached hydrogen (secondary N) is 6. The Morgan fingerprint density at radius 1 is 0.583 bits per heavy atom. The van der Waals surface area contributed by atoms with Crippen molar-refractivity contribution in [1.29, 1.82) is 0 Å². The van der Waals surface area contributed by atoms with E-state index in [9.17, 15) is 19.8 Å². The third-order valence-corrected chi connectivity index (χ3v) is 7.21. The second kappa shape index (κ2) is 24.8. The number of benzene rings is 2. The fraction of sp³-hybridized carbons (Fsp3) is 0.611. The zero-order valence-electron chi connectivity index (χ0n) is 29.4. The van der Waals surface area contributed by atoms with Crippen molar-refractivity contribution in [3.8, 4) is 11.5 Å². The van der Waals surface area contributed by atoms with Gasteiger partial charge in [0, 0.05) is 36.5 Å². The van der Waals surface area contributed by atoms with Crippen molar-refractivity contribution >= 4 is 23.2 Å². The van der Waals surface area contributed by atoms with E-state index in [1.165, 1.54) is 0 Å². The smallest absolute Gasteiger partial charge is 0.238 e. The van der Waals surface area contributed by atoms with Crippen molar-refractivity contribution in [1.82, 2.24) is 21.3 Å². The minimum atomic E-state index is -0.587. The molecule has 8 N–H and O–H groups in total. The summed E-state index contributed by atoms with van der Waals surface area (Å²) >= 11 is 0. The summed E-state index contributed by atoms with van der Waals surface area (Å²) < 4.78 is 11.2. The number of aliphatic hydroxyl groups excluding tert-OH is 2. The van der Waals surface area contributed by atoms with E-state index in [1.807, 2.05) is 27.7 Å². The standard InChI is InChI=1S/C36H60N6O6/c1-27(2)39-21-31(43)25-47-33-15-11-29(12-16-33)41-35(45)23-37-19-9-7-5-6-8-10-20-38-24-36(46)42-30-13-17-34(18-14-30)48-26-32(44)22-40-28(3)4/h11-18,27-28,31-32,37-40,43-44H,5-10,19-26H2,1-4H3,(H,41,45)(H,42,46). The molecular weight excluding hydrogens is 612 g/mol. The molecule has 0 aliphatic rings. The Labute approximate surface area is 287 Å². The zero-order valence-corrected chi connectivity index (χ0v) is 29.4. The summed E-state index contributed by atoms with van der Waals surface area (Å²) in [6.45, 7) is 11.5. The lowest BCUT2D eigenvalue weighted by atomic mass is 10.1. The average Bonchev–Trinajstić information content (AvgIpc) is 3.06. The van der Waals surface area contributed by atoms with Crippen LogP contribution in [0.5, 0.6) is 11.5 Å². The summed E-state index contributed by atoms with van der Waals surface area (Å²) in [7, 11) is 0. The van der Waals surface area contributed by atoms with Crippen LogP contribution in [-0.2, 0) is 9.59 Å². The highest BCUT2D eigenvalue weighted by atomic mass is 16.5. The lowest BCUT2D eigenvalue weighted by Crippen LogP contribution is -2.35. The summed E-state index contributed by atoms with van der Waals surface area (Å²) in [5, 5.41) is 38.4. The monoisotopic (exact) mass is 672 g/mol. The molecule has 2 amide bonds. The lowest BCUT2D eigenvalue weighted by Gasteiger charge is -2.15. The van der Waals surface area contributed by atoms with Crippen molar-refractivity contribution in [3.63, 3.8) is 0 Å². The van der Waals surface area contributed by atoms with Crippen LogP contribution in [0.2, 0.25) is 0 Å². The fourth-order valence-electron chi connectivity index (χ4n) is 4.54. The molecule has 0 aliphatic heterocycles. The number of aliphatic hydroxyl groups is 2. The van der Waals surface area contributed by atoms with Gasteiger partial charge in [-0.3, -0.25) is 9.59 Å². The molecule has 2 unspecified atom stereocenters. The van der Waals surface area contributed by atoms with Crippen LogP contribution in [0, 0.1) is 0 Å². The molecule has 2 aromatic rings. The summed E-state index contributed by atoms with van der Waals surface area (Å²) in [6, 6.07) is 14.9. The first-order valence-electron chi connectivity index (χ1n) is 17.4. The SMILES string of the molecule is CC(C)NCC(O)COc1ccc(NC(=O)CNCCCCCCCCNCC(=O)Nc2ccc(OCC(O)CNC(C)C)cc2)cc1. The fourth-order valence-corrected chi connectivity index (χ4v) is 4.54. The van der Waals surface area contributed by atoms with Gasteiger partial charge in [-0.2, -0.15) is 0 Å². The molecular formula is C36H60N6O6. The van der Waals surface area contributed by atoms with Gasteiger partial charge in [-0.1, -0.05) is 53.4 Å². The molecule has 0 saturated carbocycles. The second-order valence-corrected chi connectivity index (χ2v) is 12.7. The third kappa shape index (κ3) is 20.9. The van der Waals surface area contributed by atoms with Crippen molar-refractivity contribution in [2.24, 2.45) is 0 Å². The van der Waals surface area contributed by atoms with Crippen molar-refractivity contribution < 1.29 is 29.3 Å². The molecule has 12 heteroatoms. The molecule has 0 bridgehead atoms. The van der Waals surface area contributed by atoms with E-state index in [0.717, 1.165) is 51.6 Å². The summed E-state index contributed by atoms with van der Waals surface area (Å²) in [6.07, 6.45) is 5.35. The Hall–Kier alpha value is -3.26. The highest BCUT2D eigenvalue weighted by Crippen LogP contribution is 2.17. The predicted octanol–water partition coefficient (Wildman–Crippen LogP) is 3.26. The Morgan fingerprint density at radius 3 is 1.29 bits per heavy atom. The van der Waals surface area contributed by atoms with E-state index in [2.05, 4.69) is 31.9 Å². The van der Waals surface area contributed by atoms with Gasteiger partial charge >= 0.3 is 0 Å². The average molecular weight is 673 g/mol. The Morgan fingerprint density at radius 2 is 0.938 bits per heavy atom. The van der Waals surface area contributed by atoms with Crippen molar-refractivity contribution in [2.45, 2.75) is 90.5 Å². The van der Waals surface area contributed by atoms with Gasteiger partial charge in [0.05, 0.1) is 13.1 Å². The number of ether oxygens (including phenoxy) is 2. The van der Waals surface area contributed by atoms with E-state index in [0.29, 0.717) is 48.0 Å². The summed E-state index contributed by atoms with van der Waals surface area (Å²) in [4.78, 5) is 24.5. The number of carbonyl (C=O) groups is 2. The maximum atomic E-state index is 12.2. The van der Waals surface area contributed by atoms with Gasteiger partial charge in [-0.05, 0) is 74.5 Å². The van der Waals surface area contributed by atoms with E-state index in [-0.39, 0.29) is 38.1 Å². The van der Waals surface area contributed by atoms with E-state index < -0.39 is 12.2 Å². The molecule has 12 nitrogen and oxygen atoms in total. The van der Waals surface area contributed by atoms with Gasteiger partial charge in [0.1, 0.15) is 36.9 Å². The Balaban J connectivity index is 1.41. The Bertz CT molecular complexity index is 1040. The highest BCUT2D eigenvalue weighted by Gasteiger charge is 2.08. The summed E-state index contributed by atoms with van der Waals surface area (Å²) in [5.74, 6) is 1.10. The van der Waals surface area contributed by atoms with Gasteiger partial charge in [0.25, 0.3) is 0 Å². The number of hydrogen-bond donors (Lipinski definition) is 8. The first-order chi connectivity index (χ1) is 23.1. The number of carbonyl (C=O) groups excluding carboxylic acids is 2. The van der Waals surface area contributed by atoms with Gasteiger partial charge in [0.2, 0.25) is 11.8 Å². The van der Waals surface area contributed by atoms with Gasteiger partial charge in [-0.25, -0.2) is 0 Å². The molecule has 0 saturated heterocycles. The third-order valence-electron chi connectivity index (χ3n) is 7.21. The maximum Gasteiger partial charge on any atom is 0.238 e. The van der Waals surface area contributed by atoms with Crippen LogP contribution < -0.4 is 41.4 Å². The van der Waals surface area contributed by atoms with Crippen LogP contribution in [0.3, 0.4) is 0 Å². The molecule has 0 aromatic heterocycles. The van der Waals surface area contributed by atoms with E-state index in [1.54, 1.807) is 48.5 Å². The molecule has 270 valence electrons. The Kier molecular flexibility index (Phi) is 21.2. The van der Waals surface area contributed by atoms with Crippen molar-refractivity contribution in [3.05, 3.63) is 48.5 Å². The quantitative estimate of drug-likeness (QED) is 0.0661. The molecule has 2 atom stereocenters. The van der Waals surface area contributed by atoms with Crippen LogP contribution in [0.4, 0.5) is 11.4 Å². The van der Waals surface area contributed by atoms with E-state index >= 15 is 0 Å². The van der Waals surface area contributed by atoms with Crippen LogP contribution in [-0.4, -0.2) is 98.8 Å². The summed E-state index contributed by atoms with van der Waals surface area (Å²) in [5.41, 5.74) is 1.40. The number of hydrogen-bond acceptors (Lipinski definition) is 10. The maximum absolute atomic E-state index is 12.2. The molecule has 0 aliphatic carbocycles. The molecule has 0 heterocycles. The minimum Gasteiger partial charge on any atom is -0.491 e. The van der Waals surface area contributed by atoms with Crippen molar-refractivity contribution in [2.75, 3.05) is 63.1 Å². The second-order valence-electron chi connectivity index (χ2n) is 12.7. The van der Waals surface area contributed by atoms with Gasteiger partial charge < -0.3 is 51.6 Å². The molecule has 0 fully saturated rings. The molecule has 0 radical (unpaired) electrons. The normalized spacial score (nSPS) is 12.6. The number of anilines is 2. The van der Waals surface area contributed by atoms with Crippen LogP contribution in [0.15, 0.2) is 48.5 Å². The first-order valence-corrected chi connectivity index (χ1v) is 17.4. The van der Waals surface area contributed by atoms with Crippen LogP contribution in [0.1, 0.15) is 66.2 Å². The van der Waals surface area contributed by atoms with Gasteiger partial charge in [-0.15, -0.1) is 0 Å². The largest absolute Gasteiger partial charge is 0.491 e. The van der Waals surface area contributed by atoms with Gasteiger partial charge in [0.15, 0.2) is 0 Å². The minimum absolute atomic E-state index is 0.0922. The lowest BCUT2D eigenvalue weighted by molar-refractivity contribution is -0.116. The van der Waals surface area contributed by atoms with E-state index in [4.69, 9.17) is 9.47 Å². The number of rotatable bonds is 27. The molecule has 2 aromatic carbocycles. The predicted molar refractivity (Wildman–Crippen MR) is 193 cm³/mol. The highest BCUT2D eigenvalue weighted by molar-refractivity contribution is 5.92.